The number of hydrogen-bond acceptors (Lipinski definition) is 2. The molecule has 0 saturated carbocycles. The van der Waals surface area contributed by atoms with E-state index in [-0.39, 0.29) is 0 Å². The van der Waals surface area contributed by atoms with E-state index in [2.05, 4.69) is 19.1 Å². The summed E-state index contributed by atoms with van der Waals surface area (Å²) in [6, 6.07) is 8.13. The highest BCUT2D eigenvalue weighted by Crippen LogP contribution is 2.18. The van der Waals surface area contributed by atoms with Gasteiger partial charge in [0.2, 0.25) is 0 Å². The summed E-state index contributed by atoms with van der Waals surface area (Å²) in [5.74, 6) is 1.35. The highest BCUT2D eigenvalue weighted by Gasteiger charge is 2.02. The van der Waals surface area contributed by atoms with Crippen molar-refractivity contribution in [3.05, 3.63) is 29.8 Å². The molecule has 1 aromatic rings. The molecule has 2 heteroatoms. The molecule has 1 atom stereocenters. The van der Waals surface area contributed by atoms with Gasteiger partial charge in [-0.1, -0.05) is 19.1 Å². The van der Waals surface area contributed by atoms with Gasteiger partial charge in [-0.15, -0.1) is 0 Å². The summed E-state index contributed by atoms with van der Waals surface area (Å²) in [5, 5.41) is 0. The molecular formula is C11H17NO. The van der Waals surface area contributed by atoms with E-state index >= 15 is 0 Å². The second-order valence-corrected chi connectivity index (χ2v) is 3.14. The van der Waals surface area contributed by atoms with Gasteiger partial charge in [0.1, 0.15) is 5.75 Å². The van der Waals surface area contributed by atoms with Crippen LogP contribution in [0.4, 0.5) is 0 Å². The molecule has 0 aliphatic rings. The fourth-order valence-electron chi connectivity index (χ4n) is 1.20. The maximum absolute atomic E-state index is 5.57. The van der Waals surface area contributed by atoms with Crippen molar-refractivity contribution < 1.29 is 4.74 Å². The fraction of sp³-hybridized carbons (Fsp3) is 0.455. The summed E-state index contributed by atoms with van der Waals surface area (Å²) in [4.78, 5) is 0. The first-order valence-corrected chi connectivity index (χ1v) is 4.70. The minimum Gasteiger partial charge on any atom is -0.494 e. The molecule has 72 valence electrons. The molecule has 1 rings (SSSR count). The van der Waals surface area contributed by atoms with Crippen molar-refractivity contribution in [2.45, 2.75) is 19.8 Å². The first-order chi connectivity index (χ1) is 6.27. The quantitative estimate of drug-likeness (QED) is 0.768. The third kappa shape index (κ3) is 2.74. The molecule has 0 bridgehead atoms. The Bertz CT molecular complexity index is 243. The molecule has 0 aliphatic heterocycles. The summed E-state index contributed by atoms with van der Waals surface area (Å²) in [6.45, 7) is 5.51. The molecule has 0 fully saturated rings. The van der Waals surface area contributed by atoms with Crippen LogP contribution in [0.3, 0.4) is 0 Å². The van der Waals surface area contributed by atoms with Crippen molar-refractivity contribution >= 4 is 0 Å². The van der Waals surface area contributed by atoms with Crippen LogP contribution in [0.1, 0.15) is 25.3 Å². The van der Waals surface area contributed by atoms with Crippen molar-refractivity contribution in [1.82, 2.24) is 0 Å². The van der Waals surface area contributed by atoms with Crippen molar-refractivity contribution in [2.24, 2.45) is 5.73 Å². The fourth-order valence-corrected chi connectivity index (χ4v) is 1.20. The van der Waals surface area contributed by atoms with E-state index < -0.39 is 0 Å². The second-order valence-electron chi connectivity index (χ2n) is 3.14. The number of ether oxygens (including phenoxy) is 1. The zero-order chi connectivity index (χ0) is 9.68. The monoisotopic (exact) mass is 179 g/mol. The van der Waals surface area contributed by atoms with E-state index in [0.29, 0.717) is 19.1 Å². The summed E-state index contributed by atoms with van der Waals surface area (Å²) in [6.07, 6.45) is 0. The van der Waals surface area contributed by atoms with Crippen molar-refractivity contribution in [2.75, 3.05) is 13.2 Å². The smallest absolute Gasteiger partial charge is 0.119 e. The molecule has 0 aliphatic carbocycles. The lowest BCUT2D eigenvalue weighted by atomic mass is 10.0. The normalized spacial score (nSPS) is 12.5. The van der Waals surface area contributed by atoms with Crippen LogP contribution in [0.2, 0.25) is 0 Å². The molecule has 0 heterocycles. The molecule has 1 aromatic carbocycles. The predicted molar refractivity (Wildman–Crippen MR) is 55.1 cm³/mol. The van der Waals surface area contributed by atoms with E-state index in [0.717, 1.165) is 5.75 Å². The Kier molecular flexibility index (Phi) is 3.77. The Balaban J connectivity index is 2.69. The zero-order valence-corrected chi connectivity index (χ0v) is 8.29. The average molecular weight is 179 g/mol. The molecule has 0 radical (unpaired) electrons. The van der Waals surface area contributed by atoms with Crippen molar-refractivity contribution in [3.8, 4) is 5.75 Å². The van der Waals surface area contributed by atoms with E-state index in [1.54, 1.807) is 0 Å². The van der Waals surface area contributed by atoms with Crippen LogP contribution in [-0.4, -0.2) is 13.2 Å². The van der Waals surface area contributed by atoms with E-state index in [1.807, 2.05) is 19.1 Å². The molecule has 2 N–H and O–H groups in total. The Labute approximate surface area is 79.7 Å². The van der Waals surface area contributed by atoms with E-state index in [9.17, 15) is 0 Å². The molecule has 1 unspecified atom stereocenters. The Morgan fingerprint density at radius 3 is 2.38 bits per heavy atom. The van der Waals surface area contributed by atoms with Crippen molar-refractivity contribution in [1.29, 1.82) is 0 Å². The van der Waals surface area contributed by atoms with Crippen LogP contribution >= 0.6 is 0 Å². The maximum atomic E-state index is 5.57. The topological polar surface area (TPSA) is 35.2 Å². The van der Waals surface area contributed by atoms with Crippen LogP contribution in [0.25, 0.3) is 0 Å². The maximum Gasteiger partial charge on any atom is 0.119 e. The highest BCUT2D eigenvalue weighted by atomic mass is 16.5. The standard InChI is InChI=1S/C11H17NO/c1-3-13-11-6-4-10(5-7-11)9(2)8-12/h4-7,9H,3,8,12H2,1-2H3. The minimum atomic E-state index is 0.427. The van der Waals surface area contributed by atoms with Crippen LogP contribution in [-0.2, 0) is 0 Å². The largest absolute Gasteiger partial charge is 0.494 e. The Morgan fingerprint density at radius 2 is 1.92 bits per heavy atom. The number of hydrogen-bond donors (Lipinski definition) is 1. The molecular weight excluding hydrogens is 162 g/mol. The lowest BCUT2D eigenvalue weighted by molar-refractivity contribution is 0.340. The molecule has 0 spiro atoms. The highest BCUT2D eigenvalue weighted by molar-refractivity contribution is 5.29. The van der Waals surface area contributed by atoms with Gasteiger partial charge in [-0.3, -0.25) is 0 Å². The van der Waals surface area contributed by atoms with Gasteiger partial charge in [0.05, 0.1) is 6.61 Å². The van der Waals surface area contributed by atoms with Crippen LogP contribution in [0.15, 0.2) is 24.3 Å². The Hall–Kier alpha value is -1.02. The van der Waals surface area contributed by atoms with Crippen LogP contribution in [0, 0.1) is 0 Å². The van der Waals surface area contributed by atoms with Crippen LogP contribution in [0.5, 0.6) is 5.75 Å². The van der Waals surface area contributed by atoms with E-state index in [4.69, 9.17) is 10.5 Å². The summed E-state index contributed by atoms with van der Waals surface area (Å²) in [5.41, 5.74) is 6.84. The second kappa shape index (κ2) is 4.87. The average Bonchev–Trinajstić information content (AvgIpc) is 2.18. The van der Waals surface area contributed by atoms with Gasteiger partial charge in [-0.05, 0) is 37.1 Å². The van der Waals surface area contributed by atoms with Crippen LogP contribution < -0.4 is 10.5 Å². The van der Waals surface area contributed by atoms with Gasteiger partial charge >= 0.3 is 0 Å². The lowest BCUT2D eigenvalue weighted by Crippen LogP contribution is -2.08. The molecule has 13 heavy (non-hydrogen) atoms. The number of nitrogens with two attached hydrogens (primary N) is 1. The first kappa shape index (κ1) is 10.1. The number of rotatable bonds is 4. The summed E-state index contributed by atoms with van der Waals surface area (Å²) < 4.78 is 5.34. The molecule has 0 saturated heterocycles. The predicted octanol–water partition coefficient (Wildman–Crippen LogP) is 2.15. The van der Waals surface area contributed by atoms with Gasteiger partial charge in [-0.25, -0.2) is 0 Å². The summed E-state index contributed by atoms with van der Waals surface area (Å²) >= 11 is 0. The number of benzene rings is 1. The van der Waals surface area contributed by atoms with Gasteiger partial charge in [0.25, 0.3) is 0 Å². The minimum absolute atomic E-state index is 0.427. The summed E-state index contributed by atoms with van der Waals surface area (Å²) in [7, 11) is 0. The Morgan fingerprint density at radius 1 is 1.31 bits per heavy atom. The molecule has 0 amide bonds. The van der Waals surface area contributed by atoms with Gasteiger partial charge in [0, 0.05) is 0 Å². The van der Waals surface area contributed by atoms with E-state index in [1.165, 1.54) is 5.56 Å². The lowest BCUT2D eigenvalue weighted by Gasteiger charge is -2.09. The third-order valence-corrected chi connectivity index (χ3v) is 2.11. The zero-order valence-electron chi connectivity index (χ0n) is 8.29. The van der Waals surface area contributed by atoms with Crippen molar-refractivity contribution in [3.63, 3.8) is 0 Å². The van der Waals surface area contributed by atoms with Gasteiger partial charge < -0.3 is 10.5 Å². The van der Waals surface area contributed by atoms with Gasteiger partial charge in [-0.2, -0.15) is 0 Å². The molecule has 0 aromatic heterocycles. The van der Waals surface area contributed by atoms with Gasteiger partial charge in [0.15, 0.2) is 0 Å². The SMILES string of the molecule is CCOc1ccc(C(C)CN)cc1. The molecule has 2 nitrogen and oxygen atoms in total. The first-order valence-electron chi connectivity index (χ1n) is 4.70. The third-order valence-electron chi connectivity index (χ3n) is 2.11.